The van der Waals surface area contributed by atoms with E-state index in [0.717, 1.165) is 28.0 Å². The average molecular weight is 286 g/mol. The van der Waals surface area contributed by atoms with Gasteiger partial charge in [-0.25, -0.2) is 0 Å². The molecular weight excluding hydrogens is 268 g/mol. The fourth-order valence-electron chi connectivity index (χ4n) is 2.59. The molecule has 0 spiro atoms. The Hall–Kier alpha value is -2.20. The van der Waals surface area contributed by atoms with Gasteiger partial charge in [0.1, 0.15) is 11.9 Å². The lowest BCUT2D eigenvalue weighted by Crippen LogP contribution is -2.03. The number of hydrogen-bond acceptors (Lipinski definition) is 4. The number of aryl methyl sites for hydroxylation is 2. The van der Waals surface area contributed by atoms with E-state index in [2.05, 4.69) is 0 Å². The van der Waals surface area contributed by atoms with E-state index in [1.807, 2.05) is 44.2 Å². The van der Waals surface area contributed by atoms with Crippen molar-refractivity contribution in [1.82, 2.24) is 0 Å². The Morgan fingerprint density at radius 3 is 2.57 bits per heavy atom. The maximum absolute atomic E-state index is 10.7. The number of aliphatic hydroxyl groups is 1. The van der Waals surface area contributed by atoms with Crippen LogP contribution in [0.3, 0.4) is 0 Å². The summed E-state index contributed by atoms with van der Waals surface area (Å²) in [5, 5.41) is 10.7. The molecule has 4 nitrogen and oxygen atoms in total. The van der Waals surface area contributed by atoms with Gasteiger partial charge in [0.25, 0.3) is 0 Å². The lowest BCUT2D eigenvalue weighted by atomic mass is 9.95. The Balaban J connectivity index is 1.98. The Kier molecular flexibility index (Phi) is 3.47. The number of hydrogen-bond donors (Lipinski definition) is 1. The zero-order valence-corrected chi connectivity index (χ0v) is 12.3. The van der Waals surface area contributed by atoms with E-state index in [1.54, 1.807) is 7.11 Å². The van der Waals surface area contributed by atoms with Crippen LogP contribution in [0.2, 0.25) is 0 Å². The quantitative estimate of drug-likeness (QED) is 0.941. The Morgan fingerprint density at radius 1 is 1.05 bits per heavy atom. The molecule has 110 valence electrons. The topological polar surface area (TPSA) is 47.9 Å². The first-order valence-electron chi connectivity index (χ1n) is 6.83. The molecule has 2 aromatic rings. The van der Waals surface area contributed by atoms with Gasteiger partial charge in [0.2, 0.25) is 6.79 Å². The molecule has 1 aliphatic heterocycles. The molecule has 1 atom stereocenters. The highest BCUT2D eigenvalue weighted by molar-refractivity contribution is 5.49. The minimum absolute atomic E-state index is 0.232. The minimum Gasteiger partial charge on any atom is -0.496 e. The molecule has 0 saturated carbocycles. The number of ether oxygens (including phenoxy) is 3. The van der Waals surface area contributed by atoms with Crippen LogP contribution in [0.4, 0.5) is 0 Å². The Morgan fingerprint density at radius 2 is 1.81 bits per heavy atom. The standard InChI is InChI=1S/C17H18O4/c1-10-7-15(19-3)11(2)6-13(10)17(18)12-4-5-14-16(8-12)21-9-20-14/h4-8,17-18H,9H2,1-3H3. The van der Waals surface area contributed by atoms with Crippen molar-refractivity contribution in [1.29, 1.82) is 0 Å². The van der Waals surface area contributed by atoms with Crippen LogP contribution in [-0.2, 0) is 0 Å². The van der Waals surface area contributed by atoms with E-state index < -0.39 is 6.10 Å². The van der Waals surface area contributed by atoms with E-state index >= 15 is 0 Å². The Labute approximate surface area is 123 Å². The zero-order chi connectivity index (χ0) is 15.0. The average Bonchev–Trinajstić information content (AvgIpc) is 2.95. The molecule has 1 heterocycles. The fourth-order valence-corrected chi connectivity index (χ4v) is 2.59. The van der Waals surface area contributed by atoms with Gasteiger partial charge < -0.3 is 19.3 Å². The third-order valence-electron chi connectivity index (χ3n) is 3.79. The maximum Gasteiger partial charge on any atom is 0.231 e. The van der Waals surface area contributed by atoms with Crippen molar-refractivity contribution >= 4 is 0 Å². The first-order valence-corrected chi connectivity index (χ1v) is 6.83. The van der Waals surface area contributed by atoms with Crippen LogP contribution < -0.4 is 14.2 Å². The van der Waals surface area contributed by atoms with Gasteiger partial charge >= 0.3 is 0 Å². The third kappa shape index (κ3) is 2.43. The van der Waals surface area contributed by atoms with E-state index in [1.165, 1.54) is 0 Å². The smallest absolute Gasteiger partial charge is 0.231 e. The van der Waals surface area contributed by atoms with Gasteiger partial charge in [-0.15, -0.1) is 0 Å². The van der Waals surface area contributed by atoms with Gasteiger partial charge in [-0.1, -0.05) is 6.07 Å². The highest BCUT2D eigenvalue weighted by atomic mass is 16.7. The van der Waals surface area contributed by atoms with E-state index in [4.69, 9.17) is 14.2 Å². The normalized spacial score (nSPS) is 14.1. The van der Waals surface area contributed by atoms with Crippen LogP contribution in [-0.4, -0.2) is 19.0 Å². The molecule has 0 saturated heterocycles. The van der Waals surface area contributed by atoms with Crippen molar-refractivity contribution in [3.05, 3.63) is 52.6 Å². The van der Waals surface area contributed by atoms with Gasteiger partial charge in [0.05, 0.1) is 7.11 Å². The van der Waals surface area contributed by atoms with Crippen LogP contribution in [0.5, 0.6) is 17.2 Å². The summed E-state index contributed by atoms with van der Waals surface area (Å²) in [6.07, 6.45) is -0.705. The summed E-state index contributed by atoms with van der Waals surface area (Å²) in [5.74, 6) is 2.22. The van der Waals surface area contributed by atoms with Gasteiger partial charge in [0.15, 0.2) is 11.5 Å². The Bertz CT molecular complexity index is 679. The number of aliphatic hydroxyl groups excluding tert-OH is 1. The second-order valence-electron chi connectivity index (χ2n) is 5.19. The molecule has 0 fully saturated rings. The van der Waals surface area contributed by atoms with Gasteiger partial charge in [-0.2, -0.15) is 0 Å². The third-order valence-corrected chi connectivity index (χ3v) is 3.79. The second kappa shape index (κ2) is 5.30. The summed E-state index contributed by atoms with van der Waals surface area (Å²) in [5.41, 5.74) is 3.64. The van der Waals surface area contributed by atoms with Crippen LogP contribution in [0.15, 0.2) is 30.3 Å². The molecule has 3 rings (SSSR count). The predicted octanol–water partition coefficient (Wildman–Crippen LogP) is 3.12. The van der Waals surface area contributed by atoms with Crippen molar-refractivity contribution in [2.75, 3.05) is 13.9 Å². The van der Waals surface area contributed by atoms with Gasteiger partial charge in [0, 0.05) is 0 Å². The number of methoxy groups -OCH3 is 1. The summed E-state index contributed by atoms with van der Waals surface area (Å²) in [4.78, 5) is 0. The number of fused-ring (bicyclic) bond motifs is 1. The SMILES string of the molecule is COc1cc(C)c(C(O)c2ccc3c(c2)OCO3)cc1C. The van der Waals surface area contributed by atoms with E-state index in [-0.39, 0.29) is 6.79 Å². The fraction of sp³-hybridized carbons (Fsp3) is 0.294. The van der Waals surface area contributed by atoms with Gasteiger partial charge in [-0.05, 0) is 60.4 Å². The maximum atomic E-state index is 10.7. The highest BCUT2D eigenvalue weighted by Gasteiger charge is 2.19. The molecular formula is C17H18O4. The van der Waals surface area contributed by atoms with Crippen LogP contribution >= 0.6 is 0 Å². The first-order chi connectivity index (χ1) is 10.1. The van der Waals surface area contributed by atoms with Crippen molar-refractivity contribution < 1.29 is 19.3 Å². The van der Waals surface area contributed by atoms with Crippen LogP contribution in [0, 0.1) is 13.8 Å². The largest absolute Gasteiger partial charge is 0.496 e. The molecule has 1 aliphatic rings. The number of benzene rings is 2. The molecule has 0 bridgehead atoms. The molecule has 4 heteroatoms. The molecule has 0 radical (unpaired) electrons. The van der Waals surface area contributed by atoms with Gasteiger partial charge in [-0.3, -0.25) is 0 Å². The summed E-state index contributed by atoms with van der Waals surface area (Å²) >= 11 is 0. The van der Waals surface area contributed by atoms with Crippen molar-refractivity contribution in [3.8, 4) is 17.2 Å². The zero-order valence-electron chi connectivity index (χ0n) is 12.3. The summed E-state index contributed by atoms with van der Waals surface area (Å²) in [7, 11) is 1.65. The molecule has 21 heavy (non-hydrogen) atoms. The molecule has 0 aliphatic carbocycles. The predicted molar refractivity (Wildman–Crippen MR) is 79.1 cm³/mol. The number of rotatable bonds is 3. The minimum atomic E-state index is -0.705. The summed E-state index contributed by atoms with van der Waals surface area (Å²) in [6.45, 7) is 4.16. The monoisotopic (exact) mass is 286 g/mol. The van der Waals surface area contributed by atoms with Crippen molar-refractivity contribution in [2.24, 2.45) is 0 Å². The van der Waals surface area contributed by atoms with E-state index in [0.29, 0.717) is 11.5 Å². The highest BCUT2D eigenvalue weighted by Crippen LogP contribution is 2.37. The molecule has 1 N–H and O–H groups in total. The molecule has 0 aromatic heterocycles. The van der Waals surface area contributed by atoms with Crippen LogP contribution in [0.1, 0.15) is 28.4 Å². The van der Waals surface area contributed by atoms with Crippen molar-refractivity contribution in [2.45, 2.75) is 20.0 Å². The summed E-state index contributed by atoms with van der Waals surface area (Å²) in [6, 6.07) is 9.42. The molecule has 1 unspecified atom stereocenters. The first kappa shape index (κ1) is 13.8. The second-order valence-corrected chi connectivity index (χ2v) is 5.19. The van der Waals surface area contributed by atoms with E-state index in [9.17, 15) is 5.11 Å². The lowest BCUT2D eigenvalue weighted by molar-refractivity contribution is 0.173. The summed E-state index contributed by atoms with van der Waals surface area (Å²) < 4.78 is 16.0. The molecule has 0 amide bonds. The molecule has 2 aromatic carbocycles. The van der Waals surface area contributed by atoms with Crippen molar-refractivity contribution in [3.63, 3.8) is 0 Å². The lowest BCUT2D eigenvalue weighted by Gasteiger charge is -2.17. The van der Waals surface area contributed by atoms with Crippen LogP contribution in [0.25, 0.3) is 0 Å².